The fraction of sp³-hybridized carbons (Fsp3) is 0.188. The summed E-state index contributed by atoms with van der Waals surface area (Å²) >= 11 is 0. The van der Waals surface area contributed by atoms with Crippen LogP contribution in [-0.4, -0.2) is 4.57 Å². The van der Waals surface area contributed by atoms with Gasteiger partial charge in [-0.05, 0) is 126 Å². The molecule has 0 aliphatic heterocycles. The van der Waals surface area contributed by atoms with Gasteiger partial charge in [0.1, 0.15) is 0 Å². The Balaban J connectivity index is 1.21. The van der Waals surface area contributed by atoms with E-state index in [1.54, 1.807) is 0 Å². The molecule has 2 nitrogen and oxygen atoms in total. The van der Waals surface area contributed by atoms with Crippen molar-refractivity contribution in [1.82, 2.24) is 4.57 Å². The van der Waals surface area contributed by atoms with Crippen LogP contribution in [0.2, 0.25) is 0 Å². The molecule has 0 radical (unpaired) electrons. The van der Waals surface area contributed by atoms with E-state index in [-0.39, 0.29) is 16.2 Å². The summed E-state index contributed by atoms with van der Waals surface area (Å²) in [6.45, 7) is 20.8. The highest BCUT2D eigenvalue weighted by Gasteiger charge is 2.26. The molecule has 2 heteroatoms. The summed E-state index contributed by atoms with van der Waals surface area (Å²) in [6, 6.07) is 70.9. The van der Waals surface area contributed by atoms with Crippen molar-refractivity contribution in [3.63, 3.8) is 0 Å². The molecule has 1 aromatic heterocycles. The second-order valence-corrected chi connectivity index (χ2v) is 21.5. The molecule has 0 saturated carbocycles. The highest BCUT2D eigenvalue weighted by molar-refractivity contribution is 6.27. The van der Waals surface area contributed by atoms with Crippen LogP contribution in [0, 0.1) is 0 Å². The number of fused-ring (bicyclic) bond motifs is 3. The highest BCUT2D eigenvalue weighted by Crippen LogP contribution is 2.49. The molecule has 0 aliphatic rings. The Kier molecular flexibility index (Phi) is 9.57. The largest absolute Gasteiger partial charge is 0.309 e. The molecule has 11 aromatic rings. The first kappa shape index (κ1) is 41.5. The number of hydrogen-bond donors (Lipinski definition) is 0. The quantitative estimate of drug-likeness (QED) is 0.151. The van der Waals surface area contributed by atoms with E-state index in [1.165, 1.54) is 98.8 Å². The Morgan fingerprint density at radius 3 is 1.45 bits per heavy atom. The van der Waals surface area contributed by atoms with Gasteiger partial charge in [0.2, 0.25) is 0 Å². The third kappa shape index (κ3) is 6.94. The normalized spacial score (nSPS) is 12.6. The summed E-state index contributed by atoms with van der Waals surface area (Å²) in [5, 5.41) is 10.1. The van der Waals surface area contributed by atoms with Gasteiger partial charge in [-0.15, -0.1) is 0 Å². The van der Waals surface area contributed by atoms with Gasteiger partial charge in [0.05, 0.1) is 28.1 Å². The van der Waals surface area contributed by atoms with Crippen molar-refractivity contribution in [2.45, 2.75) is 78.6 Å². The molecule has 0 amide bonds. The van der Waals surface area contributed by atoms with Crippen LogP contribution >= 0.6 is 0 Å². The topological polar surface area (TPSA) is 8.17 Å². The Labute approximate surface area is 390 Å². The first-order chi connectivity index (χ1) is 31.6. The minimum atomic E-state index is -0.0595. The Morgan fingerprint density at radius 1 is 0.348 bits per heavy atom. The molecule has 0 atom stereocenters. The maximum atomic E-state index is 2.53. The molecule has 0 aliphatic carbocycles. The fourth-order valence-corrected chi connectivity index (χ4v) is 10.3. The van der Waals surface area contributed by atoms with Crippen LogP contribution in [0.3, 0.4) is 0 Å². The van der Waals surface area contributed by atoms with Crippen LogP contribution in [0.1, 0.15) is 79.0 Å². The fourth-order valence-electron chi connectivity index (χ4n) is 10.3. The van der Waals surface area contributed by atoms with Crippen LogP contribution in [-0.2, 0) is 16.2 Å². The molecule has 0 spiro atoms. The molecule has 0 fully saturated rings. The number of hydrogen-bond acceptors (Lipinski definition) is 1. The Morgan fingerprint density at radius 2 is 0.848 bits per heavy atom. The SMILES string of the molecule is CC(C)(C)c1ccc(-c2ccccc2)c(N(c2cccc(-c3ccccc3)c2)c2ccc3ccc4c(-n5c6ccc(C(C)(C)C)cc6c6cc(C(C)(C)C)ccc65)ccc5ccc2c3c54)c1. The van der Waals surface area contributed by atoms with Gasteiger partial charge in [-0.3, -0.25) is 0 Å². The summed E-state index contributed by atoms with van der Waals surface area (Å²) in [6.07, 6.45) is 0. The lowest BCUT2D eigenvalue weighted by Gasteiger charge is -2.32. The Hall–Kier alpha value is -7.16. The lowest BCUT2D eigenvalue weighted by molar-refractivity contribution is 0.590. The van der Waals surface area contributed by atoms with Crippen LogP contribution < -0.4 is 4.90 Å². The van der Waals surface area contributed by atoms with E-state index in [0.29, 0.717) is 0 Å². The lowest BCUT2D eigenvalue weighted by atomic mass is 9.85. The van der Waals surface area contributed by atoms with Gasteiger partial charge in [0, 0.05) is 32.8 Å². The third-order valence-electron chi connectivity index (χ3n) is 14.0. The second kappa shape index (κ2) is 15.2. The average molecular weight is 855 g/mol. The first-order valence-corrected chi connectivity index (χ1v) is 23.6. The van der Waals surface area contributed by atoms with Crippen LogP contribution in [0.15, 0.2) is 188 Å². The van der Waals surface area contributed by atoms with Crippen molar-refractivity contribution in [3.8, 4) is 27.9 Å². The zero-order chi connectivity index (χ0) is 45.7. The maximum absolute atomic E-state index is 2.53. The van der Waals surface area contributed by atoms with Gasteiger partial charge >= 0.3 is 0 Å². The molecule has 10 aromatic carbocycles. The number of aromatic nitrogens is 1. The van der Waals surface area contributed by atoms with Crippen molar-refractivity contribution >= 4 is 71.2 Å². The van der Waals surface area contributed by atoms with E-state index in [1.807, 2.05) is 0 Å². The first-order valence-electron chi connectivity index (χ1n) is 23.6. The van der Waals surface area contributed by atoms with E-state index in [0.717, 1.165) is 17.1 Å². The van der Waals surface area contributed by atoms with Gasteiger partial charge in [0.25, 0.3) is 0 Å². The molecule has 0 N–H and O–H groups in total. The molecular weight excluding hydrogens is 797 g/mol. The van der Waals surface area contributed by atoms with E-state index in [2.05, 4.69) is 260 Å². The van der Waals surface area contributed by atoms with Gasteiger partial charge in [-0.25, -0.2) is 0 Å². The van der Waals surface area contributed by atoms with Crippen molar-refractivity contribution in [2.24, 2.45) is 0 Å². The molecule has 11 rings (SSSR count). The summed E-state index contributed by atoms with van der Waals surface area (Å²) in [7, 11) is 0. The van der Waals surface area contributed by atoms with Crippen molar-refractivity contribution in [2.75, 3.05) is 4.90 Å². The van der Waals surface area contributed by atoms with Crippen molar-refractivity contribution in [1.29, 1.82) is 0 Å². The van der Waals surface area contributed by atoms with Gasteiger partial charge < -0.3 is 9.47 Å². The Bertz CT molecular complexity index is 3550. The third-order valence-corrected chi connectivity index (χ3v) is 14.0. The number of anilines is 3. The van der Waals surface area contributed by atoms with Gasteiger partial charge in [-0.2, -0.15) is 0 Å². The van der Waals surface area contributed by atoms with E-state index >= 15 is 0 Å². The van der Waals surface area contributed by atoms with Crippen LogP contribution in [0.4, 0.5) is 17.1 Å². The van der Waals surface area contributed by atoms with Crippen molar-refractivity contribution in [3.05, 3.63) is 205 Å². The number of benzene rings is 10. The van der Waals surface area contributed by atoms with Gasteiger partial charge in [-0.1, -0.05) is 196 Å². The summed E-state index contributed by atoms with van der Waals surface area (Å²) < 4.78 is 2.53. The van der Waals surface area contributed by atoms with Gasteiger partial charge in [0.15, 0.2) is 0 Å². The zero-order valence-corrected chi connectivity index (χ0v) is 39.8. The number of rotatable bonds is 6. The molecule has 0 bridgehead atoms. The molecule has 0 unspecified atom stereocenters. The maximum Gasteiger partial charge on any atom is 0.0543 e. The smallest absolute Gasteiger partial charge is 0.0543 e. The highest BCUT2D eigenvalue weighted by atomic mass is 15.1. The average Bonchev–Trinajstić information content (AvgIpc) is 3.64. The number of nitrogens with zero attached hydrogens (tertiary/aromatic N) is 2. The van der Waals surface area contributed by atoms with E-state index < -0.39 is 0 Å². The molecule has 1 heterocycles. The van der Waals surface area contributed by atoms with E-state index in [9.17, 15) is 0 Å². The standard InChI is InChI=1S/C64H58N2/c1-62(2,3)46-28-35-57-53(38-46)54-39-47(63(4,5)6)29-36-58(54)66(57)56-34-26-44-23-30-51-55(33-25-43-24-31-52(56)61(44)60(43)51)65(49-22-16-21-45(37-49)41-17-12-10-13-18-41)59-40-48(64(7,8)9)27-32-50(59)42-19-14-11-15-20-42/h10-40H,1-9H3. The predicted molar refractivity (Wildman–Crippen MR) is 286 cm³/mol. The van der Waals surface area contributed by atoms with Crippen LogP contribution in [0.25, 0.3) is 82.1 Å². The molecular formula is C64H58N2. The zero-order valence-electron chi connectivity index (χ0n) is 39.8. The van der Waals surface area contributed by atoms with Crippen LogP contribution in [0.5, 0.6) is 0 Å². The second-order valence-electron chi connectivity index (χ2n) is 21.5. The van der Waals surface area contributed by atoms with E-state index in [4.69, 9.17) is 0 Å². The minimum absolute atomic E-state index is 0.0294. The minimum Gasteiger partial charge on any atom is -0.309 e. The summed E-state index contributed by atoms with van der Waals surface area (Å²) in [5.74, 6) is 0. The summed E-state index contributed by atoms with van der Waals surface area (Å²) in [4.78, 5) is 2.53. The monoisotopic (exact) mass is 854 g/mol. The summed E-state index contributed by atoms with van der Waals surface area (Å²) in [5.41, 5.74) is 15.8. The van der Waals surface area contributed by atoms with Crippen molar-refractivity contribution < 1.29 is 0 Å². The lowest BCUT2D eigenvalue weighted by Crippen LogP contribution is -2.16. The molecule has 66 heavy (non-hydrogen) atoms. The molecule has 324 valence electrons. The molecule has 0 saturated heterocycles. The predicted octanol–water partition coefficient (Wildman–Crippen LogP) is 18.4.